The first-order valence-corrected chi connectivity index (χ1v) is 7.84. The fourth-order valence-electron chi connectivity index (χ4n) is 3.69. The van der Waals surface area contributed by atoms with E-state index < -0.39 is 35.8 Å². The molecule has 2 aliphatic rings. The maximum absolute atomic E-state index is 12.2. The van der Waals surface area contributed by atoms with Gasteiger partial charge >= 0.3 is 5.97 Å². The molecule has 1 fully saturated rings. The van der Waals surface area contributed by atoms with Crippen LogP contribution in [0.2, 0.25) is 0 Å². The van der Waals surface area contributed by atoms with Gasteiger partial charge in [0, 0.05) is 18.8 Å². The Morgan fingerprint density at radius 2 is 2.12 bits per heavy atom. The van der Waals surface area contributed by atoms with Gasteiger partial charge in [0.05, 0.1) is 11.5 Å². The Hall–Kier alpha value is -1.86. The Balaban J connectivity index is 2.21. The van der Waals surface area contributed by atoms with Crippen LogP contribution in [0.1, 0.15) is 27.7 Å². The lowest BCUT2D eigenvalue weighted by Gasteiger charge is -2.36. The number of ketones is 1. The Kier molecular flexibility index (Phi) is 5.35. The molecule has 0 saturated carbocycles. The highest BCUT2D eigenvalue weighted by atomic mass is 16.7. The van der Waals surface area contributed by atoms with Crippen molar-refractivity contribution in [2.24, 2.45) is 17.8 Å². The van der Waals surface area contributed by atoms with Crippen LogP contribution in [-0.4, -0.2) is 48.9 Å². The zero-order valence-electron chi connectivity index (χ0n) is 14.2. The monoisotopic (exact) mass is 338 g/mol. The first kappa shape index (κ1) is 18.5. The van der Waals surface area contributed by atoms with E-state index in [0.29, 0.717) is 18.1 Å². The molecular formula is C17H22O7. The number of Topliss-reactive ketones (excluding diaryl/α,β-unsaturated/α-hetero) is 1. The molecule has 0 aromatic rings. The molecule has 1 saturated heterocycles. The molecule has 0 radical (unpaired) electrons. The summed E-state index contributed by atoms with van der Waals surface area (Å²) in [5.41, 5.74) is -0.249. The molecule has 132 valence electrons. The molecular weight excluding hydrogens is 316 g/mol. The molecule has 0 unspecified atom stereocenters. The third kappa shape index (κ3) is 3.32. The van der Waals surface area contributed by atoms with Crippen molar-refractivity contribution in [2.75, 3.05) is 6.61 Å². The molecule has 0 aromatic carbocycles. The van der Waals surface area contributed by atoms with Crippen molar-refractivity contribution in [1.82, 2.24) is 0 Å². The summed E-state index contributed by atoms with van der Waals surface area (Å²) in [5.74, 6) is -2.04. The van der Waals surface area contributed by atoms with Crippen molar-refractivity contribution < 1.29 is 33.4 Å². The van der Waals surface area contributed by atoms with Gasteiger partial charge in [-0.15, -0.1) is 0 Å². The van der Waals surface area contributed by atoms with Crippen molar-refractivity contribution in [3.8, 4) is 0 Å². The van der Waals surface area contributed by atoms with Crippen LogP contribution in [0.25, 0.3) is 0 Å². The molecule has 1 aliphatic carbocycles. The highest BCUT2D eigenvalue weighted by molar-refractivity contribution is 5.98. The average molecular weight is 338 g/mol. The van der Waals surface area contributed by atoms with E-state index in [0.717, 1.165) is 0 Å². The number of carbonyl (C=O) groups is 4. The minimum atomic E-state index is -1.04. The topological polar surface area (TPSA) is 96.0 Å². The van der Waals surface area contributed by atoms with E-state index in [4.69, 9.17) is 14.2 Å². The predicted molar refractivity (Wildman–Crippen MR) is 81.8 cm³/mol. The number of ether oxygens (including phenoxy) is 3. The number of carbonyl (C=O) groups excluding carboxylic acids is 4. The fourth-order valence-corrected chi connectivity index (χ4v) is 3.69. The quantitative estimate of drug-likeness (QED) is 0.523. The SMILES string of the molecule is CC(=O)OC[C@H](C=O)O[C@H]1O[C@]2(C)C=C(C)C(=O)[C@H](C)[C@@H]2[C@H]1C=O. The molecule has 24 heavy (non-hydrogen) atoms. The summed E-state index contributed by atoms with van der Waals surface area (Å²) < 4.78 is 16.2. The van der Waals surface area contributed by atoms with Gasteiger partial charge in [-0.25, -0.2) is 0 Å². The molecule has 0 spiro atoms. The van der Waals surface area contributed by atoms with Crippen molar-refractivity contribution in [3.05, 3.63) is 11.6 Å². The second-order valence-corrected chi connectivity index (χ2v) is 6.50. The molecule has 0 N–H and O–H groups in total. The number of aldehydes is 2. The largest absolute Gasteiger partial charge is 0.463 e. The minimum absolute atomic E-state index is 0.0274. The standard InChI is InChI=1S/C17H22O7/c1-9-5-17(4)14(10(2)15(9)21)13(7-19)16(24-17)23-12(6-18)8-22-11(3)20/h5-7,10,12-14,16H,8H2,1-4H3/t10-,12+,13-,14-,16+,17-/m1/s1. The zero-order valence-corrected chi connectivity index (χ0v) is 14.2. The summed E-state index contributed by atoms with van der Waals surface area (Å²) in [4.78, 5) is 45.9. The lowest BCUT2D eigenvalue weighted by molar-refractivity contribution is -0.196. The highest BCUT2D eigenvalue weighted by Gasteiger charge is 2.57. The normalized spacial score (nSPS) is 36.5. The van der Waals surface area contributed by atoms with Gasteiger partial charge in [-0.1, -0.05) is 6.92 Å². The van der Waals surface area contributed by atoms with E-state index in [2.05, 4.69) is 0 Å². The Morgan fingerprint density at radius 3 is 2.67 bits per heavy atom. The number of hydrogen-bond donors (Lipinski definition) is 0. The molecule has 6 atom stereocenters. The summed E-state index contributed by atoms with van der Waals surface area (Å²) in [6, 6.07) is 0. The highest BCUT2D eigenvalue weighted by Crippen LogP contribution is 2.49. The fraction of sp³-hybridized carbons (Fsp3) is 0.647. The molecule has 1 heterocycles. The van der Waals surface area contributed by atoms with Gasteiger partial charge in [0.15, 0.2) is 18.4 Å². The first-order chi connectivity index (χ1) is 11.2. The van der Waals surface area contributed by atoms with Crippen molar-refractivity contribution in [1.29, 1.82) is 0 Å². The molecule has 0 bridgehead atoms. The van der Waals surface area contributed by atoms with E-state index in [1.807, 2.05) is 0 Å². The van der Waals surface area contributed by atoms with Gasteiger partial charge in [-0.05, 0) is 25.5 Å². The van der Waals surface area contributed by atoms with E-state index in [9.17, 15) is 19.2 Å². The summed E-state index contributed by atoms with van der Waals surface area (Å²) in [6.07, 6.45) is 0.879. The van der Waals surface area contributed by atoms with E-state index in [1.165, 1.54) is 6.92 Å². The van der Waals surface area contributed by atoms with Crippen LogP contribution >= 0.6 is 0 Å². The van der Waals surface area contributed by atoms with Crippen molar-refractivity contribution in [3.63, 3.8) is 0 Å². The smallest absolute Gasteiger partial charge is 0.302 e. The number of hydrogen-bond acceptors (Lipinski definition) is 7. The van der Waals surface area contributed by atoms with Crippen LogP contribution in [0, 0.1) is 17.8 Å². The van der Waals surface area contributed by atoms with Crippen LogP contribution in [0.3, 0.4) is 0 Å². The van der Waals surface area contributed by atoms with E-state index in [-0.39, 0.29) is 18.3 Å². The molecule has 7 heteroatoms. The Morgan fingerprint density at radius 1 is 1.46 bits per heavy atom. The molecule has 7 nitrogen and oxygen atoms in total. The first-order valence-electron chi connectivity index (χ1n) is 7.84. The number of esters is 1. The lowest BCUT2D eigenvalue weighted by Crippen LogP contribution is -2.43. The van der Waals surface area contributed by atoms with E-state index in [1.54, 1.807) is 26.8 Å². The minimum Gasteiger partial charge on any atom is -0.463 e. The number of fused-ring (bicyclic) bond motifs is 1. The average Bonchev–Trinajstić information content (AvgIpc) is 2.80. The second-order valence-electron chi connectivity index (χ2n) is 6.50. The van der Waals surface area contributed by atoms with Gasteiger partial charge in [-0.2, -0.15) is 0 Å². The third-order valence-corrected chi connectivity index (χ3v) is 4.67. The molecule has 0 amide bonds. The molecule has 1 aliphatic heterocycles. The second kappa shape index (κ2) is 6.94. The number of rotatable bonds is 6. The summed E-state index contributed by atoms with van der Waals surface area (Å²) >= 11 is 0. The van der Waals surface area contributed by atoms with Crippen LogP contribution in [-0.2, 0) is 33.4 Å². The van der Waals surface area contributed by atoms with Crippen LogP contribution in [0.15, 0.2) is 11.6 Å². The maximum atomic E-state index is 12.2. The summed E-state index contributed by atoms with van der Waals surface area (Å²) in [6.45, 7) is 6.24. The van der Waals surface area contributed by atoms with Gasteiger partial charge in [0.1, 0.15) is 19.0 Å². The third-order valence-electron chi connectivity index (χ3n) is 4.67. The van der Waals surface area contributed by atoms with Crippen molar-refractivity contribution >= 4 is 24.3 Å². The predicted octanol–water partition coefficient (Wildman–Crippen LogP) is 0.845. The van der Waals surface area contributed by atoms with Crippen LogP contribution in [0.4, 0.5) is 0 Å². The van der Waals surface area contributed by atoms with Gasteiger partial charge in [0.2, 0.25) is 0 Å². The van der Waals surface area contributed by atoms with Crippen molar-refractivity contribution in [2.45, 2.75) is 45.7 Å². The summed E-state index contributed by atoms with van der Waals surface area (Å²) in [7, 11) is 0. The van der Waals surface area contributed by atoms with Crippen LogP contribution in [0.5, 0.6) is 0 Å². The van der Waals surface area contributed by atoms with Gasteiger partial charge in [-0.3, -0.25) is 9.59 Å². The number of allylic oxidation sites excluding steroid dienone is 1. The van der Waals surface area contributed by atoms with Gasteiger partial charge < -0.3 is 23.8 Å². The molecule has 0 aromatic heterocycles. The van der Waals surface area contributed by atoms with Gasteiger partial charge in [0.25, 0.3) is 0 Å². The Labute approximate surface area is 140 Å². The lowest BCUT2D eigenvalue weighted by atomic mass is 9.68. The van der Waals surface area contributed by atoms with Crippen LogP contribution < -0.4 is 0 Å². The molecule has 2 rings (SSSR count). The maximum Gasteiger partial charge on any atom is 0.302 e. The summed E-state index contributed by atoms with van der Waals surface area (Å²) in [5, 5.41) is 0. The van der Waals surface area contributed by atoms with E-state index >= 15 is 0 Å². The Bertz CT molecular complexity index is 581. The zero-order chi connectivity index (χ0) is 18.1.